The van der Waals surface area contributed by atoms with Gasteiger partial charge in [-0.1, -0.05) is 0 Å². The summed E-state index contributed by atoms with van der Waals surface area (Å²) in [5, 5.41) is 24.0. The molecule has 0 amide bonds. The molecule has 0 unspecified atom stereocenters. The highest BCUT2D eigenvalue weighted by molar-refractivity contribution is 7.14. The monoisotopic (exact) mass is 279 g/mol. The zero-order valence-corrected chi connectivity index (χ0v) is 10.4. The molecule has 19 heavy (non-hydrogen) atoms. The Morgan fingerprint density at radius 1 is 1.42 bits per heavy atom. The lowest BCUT2D eigenvalue weighted by Gasteiger charge is -1.97. The molecule has 0 saturated heterocycles. The van der Waals surface area contributed by atoms with Gasteiger partial charge >= 0.3 is 5.97 Å². The Bertz CT molecular complexity index is 609. The SMILES string of the molecule is O=C(O)CNc1nc(-c2ccc([N+](=O)[O-])cc2)cs1. The van der Waals surface area contributed by atoms with Crippen molar-refractivity contribution in [3.05, 3.63) is 39.8 Å². The average molecular weight is 279 g/mol. The van der Waals surface area contributed by atoms with Crippen LogP contribution in [0.5, 0.6) is 0 Å². The largest absolute Gasteiger partial charge is 0.480 e. The van der Waals surface area contributed by atoms with Crippen LogP contribution in [0.25, 0.3) is 11.3 Å². The van der Waals surface area contributed by atoms with E-state index in [1.165, 1.54) is 23.5 Å². The molecule has 0 saturated carbocycles. The van der Waals surface area contributed by atoms with Crippen LogP contribution in [0.2, 0.25) is 0 Å². The summed E-state index contributed by atoms with van der Waals surface area (Å²) in [4.78, 5) is 24.7. The molecule has 2 N–H and O–H groups in total. The summed E-state index contributed by atoms with van der Waals surface area (Å²) in [6, 6.07) is 6.01. The van der Waals surface area contributed by atoms with Crippen LogP contribution in [-0.4, -0.2) is 27.5 Å². The van der Waals surface area contributed by atoms with E-state index in [-0.39, 0.29) is 12.2 Å². The number of carboxylic acid groups (broad SMARTS) is 1. The molecule has 0 aliphatic heterocycles. The minimum Gasteiger partial charge on any atom is -0.480 e. The molecule has 0 radical (unpaired) electrons. The van der Waals surface area contributed by atoms with Gasteiger partial charge in [-0.25, -0.2) is 4.98 Å². The zero-order chi connectivity index (χ0) is 13.8. The molecule has 1 aromatic carbocycles. The van der Waals surface area contributed by atoms with Crippen molar-refractivity contribution < 1.29 is 14.8 Å². The van der Waals surface area contributed by atoms with Gasteiger partial charge in [-0.05, 0) is 12.1 Å². The molecule has 0 aliphatic carbocycles. The number of nitrogens with one attached hydrogen (secondary N) is 1. The van der Waals surface area contributed by atoms with Gasteiger partial charge in [0.1, 0.15) is 6.54 Å². The maximum absolute atomic E-state index is 10.5. The van der Waals surface area contributed by atoms with E-state index in [0.717, 1.165) is 5.56 Å². The van der Waals surface area contributed by atoms with Crippen molar-refractivity contribution in [2.24, 2.45) is 0 Å². The van der Waals surface area contributed by atoms with Gasteiger partial charge in [-0.2, -0.15) is 0 Å². The fourth-order valence-corrected chi connectivity index (χ4v) is 2.11. The Balaban J connectivity index is 2.13. The summed E-state index contributed by atoms with van der Waals surface area (Å²) in [7, 11) is 0. The van der Waals surface area contributed by atoms with Crippen molar-refractivity contribution in [3.63, 3.8) is 0 Å². The predicted molar refractivity (Wildman–Crippen MR) is 70.3 cm³/mol. The van der Waals surface area contributed by atoms with E-state index in [0.29, 0.717) is 10.8 Å². The summed E-state index contributed by atoms with van der Waals surface area (Å²) >= 11 is 1.28. The molecule has 0 fully saturated rings. The number of nitrogens with zero attached hydrogens (tertiary/aromatic N) is 2. The second-order valence-electron chi connectivity index (χ2n) is 3.59. The molecule has 2 rings (SSSR count). The highest BCUT2D eigenvalue weighted by atomic mass is 32.1. The zero-order valence-electron chi connectivity index (χ0n) is 9.57. The summed E-state index contributed by atoms with van der Waals surface area (Å²) in [5.41, 5.74) is 1.40. The predicted octanol–water partition coefficient (Wildman–Crippen LogP) is 2.21. The molecule has 7 nitrogen and oxygen atoms in total. The van der Waals surface area contributed by atoms with E-state index in [4.69, 9.17) is 5.11 Å². The van der Waals surface area contributed by atoms with Crippen LogP contribution >= 0.6 is 11.3 Å². The van der Waals surface area contributed by atoms with E-state index < -0.39 is 10.9 Å². The van der Waals surface area contributed by atoms with Gasteiger partial charge in [-0.3, -0.25) is 14.9 Å². The fraction of sp³-hybridized carbons (Fsp3) is 0.0909. The number of nitro benzene ring substituents is 1. The van der Waals surface area contributed by atoms with Crippen LogP contribution < -0.4 is 5.32 Å². The van der Waals surface area contributed by atoms with E-state index in [9.17, 15) is 14.9 Å². The molecular formula is C11H9N3O4S. The van der Waals surface area contributed by atoms with E-state index in [1.807, 2.05) is 0 Å². The second kappa shape index (κ2) is 5.44. The topological polar surface area (TPSA) is 105 Å². The smallest absolute Gasteiger partial charge is 0.322 e. The first kappa shape index (κ1) is 13.0. The first-order valence-electron chi connectivity index (χ1n) is 5.22. The van der Waals surface area contributed by atoms with E-state index in [2.05, 4.69) is 10.3 Å². The number of carbonyl (C=O) groups is 1. The highest BCUT2D eigenvalue weighted by Gasteiger charge is 2.08. The first-order chi connectivity index (χ1) is 9.06. The molecule has 98 valence electrons. The Morgan fingerprint density at radius 3 is 2.68 bits per heavy atom. The van der Waals surface area contributed by atoms with Crippen LogP contribution in [0.3, 0.4) is 0 Å². The third-order valence-electron chi connectivity index (χ3n) is 2.27. The van der Waals surface area contributed by atoms with Gasteiger partial charge in [0.05, 0.1) is 10.6 Å². The van der Waals surface area contributed by atoms with E-state index in [1.54, 1.807) is 17.5 Å². The molecule has 0 bridgehead atoms. The van der Waals surface area contributed by atoms with E-state index >= 15 is 0 Å². The molecular weight excluding hydrogens is 270 g/mol. The number of nitro groups is 1. The van der Waals surface area contributed by atoms with Gasteiger partial charge in [0.2, 0.25) is 0 Å². The summed E-state index contributed by atoms with van der Waals surface area (Å²) in [5.74, 6) is -0.966. The number of thiazole rings is 1. The van der Waals surface area contributed by atoms with Gasteiger partial charge in [0, 0.05) is 23.1 Å². The molecule has 0 spiro atoms. The maximum Gasteiger partial charge on any atom is 0.322 e. The summed E-state index contributed by atoms with van der Waals surface area (Å²) in [6.45, 7) is -0.201. The van der Waals surface area contributed by atoms with Crippen molar-refractivity contribution in [1.82, 2.24) is 4.98 Å². The fourth-order valence-electron chi connectivity index (χ4n) is 1.39. The highest BCUT2D eigenvalue weighted by Crippen LogP contribution is 2.26. The number of benzene rings is 1. The van der Waals surface area contributed by atoms with Crippen molar-refractivity contribution in [2.45, 2.75) is 0 Å². The van der Waals surface area contributed by atoms with Gasteiger partial charge in [-0.15, -0.1) is 11.3 Å². The Labute approximate surface area is 111 Å². The lowest BCUT2D eigenvalue weighted by atomic mass is 10.1. The van der Waals surface area contributed by atoms with Crippen molar-refractivity contribution in [1.29, 1.82) is 0 Å². The van der Waals surface area contributed by atoms with Gasteiger partial charge < -0.3 is 10.4 Å². The van der Waals surface area contributed by atoms with Crippen LogP contribution in [0.4, 0.5) is 10.8 Å². The quantitative estimate of drug-likeness (QED) is 0.642. The molecule has 1 aromatic heterocycles. The van der Waals surface area contributed by atoms with Crippen LogP contribution in [0.15, 0.2) is 29.6 Å². The van der Waals surface area contributed by atoms with Crippen molar-refractivity contribution >= 4 is 28.1 Å². The molecule has 0 atom stereocenters. The second-order valence-corrected chi connectivity index (χ2v) is 4.45. The number of carboxylic acids is 1. The average Bonchev–Trinajstić information content (AvgIpc) is 2.85. The first-order valence-corrected chi connectivity index (χ1v) is 6.10. The minimum absolute atomic E-state index is 0.0169. The Morgan fingerprint density at radius 2 is 2.11 bits per heavy atom. The molecule has 1 heterocycles. The normalized spacial score (nSPS) is 10.1. The lowest BCUT2D eigenvalue weighted by Crippen LogP contribution is -2.11. The van der Waals surface area contributed by atoms with Crippen LogP contribution in [0, 0.1) is 10.1 Å². The third kappa shape index (κ3) is 3.26. The summed E-state index contributed by atoms with van der Waals surface area (Å²) < 4.78 is 0. The number of non-ortho nitro benzene ring substituents is 1. The molecule has 2 aromatic rings. The number of hydrogen-bond acceptors (Lipinski definition) is 6. The maximum atomic E-state index is 10.5. The molecule has 0 aliphatic rings. The number of aliphatic carboxylic acids is 1. The van der Waals surface area contributed by atoms with Gasteiger partial charge in [0.15, 0.2) is 5.13 Å². The number of aromatic nitrogens is 1. The van der Waals surface area contributed by atoms with Gasteiger partial charge in [0.25, 0.3) is 5.69 Å². The number of anilines is 1. The Hall–Kier alpha value is -2.48. The van der Waals surface area contributed by atoms with Crippen LogP contribution in [-0.2, 0) is 4.79 Å². The third-order valence-corrected chi connectivity index (χ3v) is 3.07. The summed E-state index contributed by atoms with van der Waals surface area (Å²) in [6.07, 6.45) is 0. The molecule has 8 heteroatoms. The van der Waals surface area contributed by atoms with Crippen LogP contribution in [0.1, 0.15) is 0 Å². The van der Waals surface area contributed by atoms with Crippen molar-refractivity contribution in [2.75, 3.05) is 11.9 Å². The number of hydrogen-bond donors (Lipinski definition) is 2. The number of rotatable bonds is 5. The minimum atomic E-state index is -0.966. The Kier molecular flexibility index (Phi) is 3.71. The lowest BCUT2D eigenvalue weighted by molar-refractivity contribution is -0.384. The standard InChI is InChI=1S/C11H9N3O4S/c15-10(16)5-12-11-13-9(6-19-11)7-1-3-8(4-2-7)14(17)18/h1-4,6H,5H2,(H,12,13)(H,15,16). The van der Waals surface area contributed by atoms with Crippen molar-refractivity contribution in [3.8, 4) is 11.3 Å².